The second-order valence-corrected chi connectivity index (χ2v) is 7.45. The molecule has 0 saturated heterocycles. The predicted octanol–water partition coefficient (Wildman–Crippen LogP) is 5.46. The van der Waals surface area contributed by atoms with E-state index in [9.17, 15) is 9.50 Å². The van der Waals surface area contributed by atoms with Crippen molar-refractivity contribution in [2.45, 2.75) is 32.5 Å². The smallest absolute Gasteiger partial charge is 0.162 e. The van der Waals surface area contributed by atoms with Crippen molar-refractivity contribution in [2.24, 2.45) is 4.99 Å². The summed E-state index contributed by atoms with van der Waals surface area (Å²) < 4.78 is 19.4. The van der Waals surface area contributed by atoms with Crippen LogP contribution in [0.2, 0.25) is 0 Å². The number of aromatic hydroxyl groups is 1. The Kier molecular flexibility index (Phi) is 5.81. The summed E-state index contributed by atoms with van der Waals surface area (Å²) >= 11 is 0. The van der Waals surface area contributed by atoms with Gasteiger partial charge in [0, 0.05) is 23.7 Å². The number of ether oxygens (including phenoxy) is 1. The number of hydrogen-bond donors (Lipinski definition) is 2. The molecule has 5 heteroatoms. The molecule has 30 heavy (non-hydrogen) atoms. The van der Waals surface area contributed by atoms with Gasteiger partial charge in [-0.3, -0.25) is 10.3 Å². The Hall–Kier alpha value is -3.18. The Morgan fingerprint density at radius 2 is 1.87 bits per heavy atom. The molecule has 2 unspecified atom stereocenters. The number of phenols is 1. The molecular weight excluding hydrogens is 379 g/mol. The van der Waals surface area contributed by atoms with Crippen molar-refractivity contribution in [1.29, 1.82) is 0 Å². The quantitative estimate of drug-likeness (QED) is 0.594. The van der Waals surface area contributed by atoms with Gasteiger partial charge in [-0.15, -0.1) is 0 Å². The summed E-state index contributed by atoms with van der Waals surface area (Å²) in [6.07, 6.45) is 0.170. The summed E-state index contributed by atoms with van der Waals surface area (Å²) in [6, 6.07) is 20.0. The highest BCUT2D eigenvalue weighted by Crippen LogP contribution is 2.38. The summed E-state index contributed by atoms with van der Waals surface area (Å²) in [5.41, 5.74) is 4.59. The van der Waals surface area contributed by atoms with Gasteiger partial charge in [-0.25, -0.2) is 4.39 Å². The lowest BCUT2D eigenvalue weighted by Crippen LogP contribution is -2.33. The number of hydrogen-bond acceptors (Lipinski definition) is 4. The van der Waals surface area contributed by atoms with Gasteiger partial charge in [-0.05, 0) is 43.2 Å². The van der Waals surface area contributed by atoms with Crippen LogP contribution in [0.1, 0.15) is 47.8 Å². The van der Waals surface area contributed by atoms with Crippen LogP contribution in [0.4, 0.5) is 4.39 Å². The van der Waals surface area contributed by atoms with Gasteiger partial charge in [0.1, 0.15) is 12.0 Å². The van der Waals surface area contributed by atoms with Gasteiger partial charge in [0.15, 0.2) is 11.5 Å². The van der Waals surface area contributed by atoms with Crippen molar-refractivity contribution in [3.05, 3.63) is 94.8 Å². The monoisotopic (exact) mass is 404 g/mol. The van der Waals surface area contributed by atoms with Crippen molar-refractivity contribution in [3.8, 4) is 11.5 Å². The molecule has 2 atom stereocenters. The summed E-state index contributed by atoms with van der Waals surface area (Å²) in [6.45, 7) is 4.40. The van der Waals surface area contributed by atoms with Crippen LogP contribution in [0.5, 0.6) is 11.5 Å². The van der Waals surface area contributed by atoms with Crippen LogP contribution in [0.15, 0.2) is 71.7 Å². The lowest BCUT2D eigenvalue weighted by Gasteiger charge is -2.31. The highest BCUT2D eigenvalue weighted by Gasteiger charge is 2.28. The van der Waals surface area contributed by atoms with E-state index in [1.807, 2.05) is 32.0 Å². The molecule has 0 amide bonds. The van der Waals surface area contributed by atoms with Gasteiger partial charge in [0.05, 0.1) is 6.61 Å². The van der Waals surface area contributed by atoms with E-state index in [1.165, 1.54) is 17.7 Å². The zero-order valence-electron chi connectivity index (χ0n) is 17.1. The van der Waals surface area contributed by atoms with Gasteiger partial charge in [-0.1, -0.05) is 54.1 Å². The molecule has 1 aliphatic heterocycles. The minimum absolute atomic E-state index is 0.125. The van der Waals surface area contributed by atoms with E-state index < -0.39 is 6.17 Å². The number of rotatable bonds is 5. The molecule has 0 saturated carbocycles. The van der Waals surface area contributed by atoms with Crippen molar-refractivity contribution < 1.29 is 14.2 Å². The van der Waals surface area contributed by atoms with Crippen molar-refractivity contribution in [1.82, 2.24) is 5.32 Å². The number of nitrogens with zero attached hydrogens (tertiary/aromatic N) is 1. The second kappa shape index (κ2) is 8.67. The van der Waals surface area contributed by atoms with E-state index in [0.29, 0.717) is 18.8 Å². The first-order chi connectivity index (χ1) is 14.5. The molecule has 4 nitrogen and oxygen atoms in total. The second-order valence-electron chi connectivity index (χ2n) is 7.45. The maximum Gasteiger partial charge on any atom is 0.162 e. The third-order valence-electron chi connectivity index (χ3n) is 5.30. The summed E-state index contributed by atoms with van der Waals surface area (Å²) in [5.74, 6) is 0.281. The molecular formula is C25H25FN2O2. The van der Waals surface area contributed by atoms with Crippen LogP contribution in [0, 0.1) is 12.7 Å². The van der Waals surface area contributed by atoms with Crippen LogP contribution in [0.25, 0.3) is 0 Å². The highest BCUT2D eigenvalue weighted by molar-refractivity contribution is 6.01. The fourth-order valence-electron chi connectivity index (χ4n) is 3.77. The Bertz CT molecular complexity index is 1060. The van der Waals surface area contributed by atoms with E-state index in [4.69, 9.17) is 9.73 Å². The molecule has 3 aromatic carbocycles. The van der Waals surface area contributed by atoms with Crippen LogP contribution < -0.4 is 10.1 Å². The number of phenolic OH excluding ortho intramolecular Hbond substituents is 1. The molecule has 0 aromatic heterocycles. The maximum absolute atomic E-state index is 13.9. The number of nitrogens with one attached hydrogen (secondary N) is 1. The Morgan fingerprint density at radius 3 is 2.60 bits per heavy atom. The van der Waals surface area contributed by atoms with Crippen molar-refractivity contribution in [3.63, 3.8) is 0 Å². The Labute approximate surface area is 176 Å². The molecule has 0 radical (unpaired) electrons. The molecule has 4 rings (SSSR count). The standard InChI is InChI=1S/C25H25FN2O2/c1-3-30-23-9-5-8-20(24(23)29)22-15-21(17-12-10-16(2)11-13-17)27-25(28-22)18-6-4-7-19(26)14-18/h4-14,22,25,28-29H,3,15H2,1-2H3. The number of aryl methyl sites for hydroxylation is 1. The van der Waals surface area contributed by atoms with Gasteiger partial charge < -0.3 is 9.84 Å². The Morgan fingerprint density at radius 1 is 1.10 bits per heavy atom. The van der Waals surface area contributed by atoms with Gasteiger partial charge in [-0.2, -0.15) is 0 Å². The lowest BCUT2D eigenvalue weighted by molar-refractivity contribution is 0.313. The first-order valence-corrected chi connectivity index (χ1v) is 10.1. The van der Waals surface area contributed by atoms with E-state index in [1.54, 1.807) is 12.1 Å². The van der Waals surface area contributed by atoms with Crippen LogP contribution in [-0.2, 0) is 0 Å². The molecule has 1 heterocycles. The molecule has 0 spiro atoms. The molecule has 2 N–H and O–H groups in total. The number of para-hydroxylation sites is 1. The van der Waals surface area contributed by atoms with E-state index in [0.717, 1.165) is 22.4 Å². The SMILES string of the molecule is CCOc1cccc(C2CC(c3ccc(C)cc3)=NC(c3cccc(F)c3)N2)c1O. The number of benzene rings is 3. The summed E-state index contributed by atoms with van der Waals surface area (Å²) in [4.78, 5) is 4.88. The molecule has 0 bridgehead atoms. The topological polar surface area (TPSA) is 53.8 Å². The zero-order valence-corrected chi connectivity index (χ0v) is 17.1. The molecule has 3 aromatic rings. The normalized spacial score (nSPS) is 18.7. The minimum atomic E-state index is -0.425. The van der Waals surface area contributed by atoms with Crippen LogP contribution in [0.3, 0.4) is 0 Å². The first kappa shape index (κ1) is 20.1. The minimum Gasteiger partial charge on any atom is -0.504 e. The van der Waals surface area contributed by atoms with Crippen LogP contribution in [-0.4, -0.2) is 17.4 Å². The summed E-state index contributed by atoms with van der Waals surface area (Å²) in [7, 11) is 0. The average Bonchev–Trinajstić information content (AvgIpc) is 2.75. The highest BCUT2D eigenvalue weighted by atomic mass is 19.1. The maximum atomic E-state index is 13.9. The number of halogens is 1. The fourth-order valence-corrected chi connectivity index (χ4v) is 3.77. The van der Waals surface area contributed by atoms with Gasteiger partial charge >= 0.3 is 0 Å². The zero-order chi connectivity index (χ0) is 21.1. The molecule has 0 aliphatic carbocycles. The largest absolute Gasteiger partial charge is 0.504 e. The number of aliphatic imine (C=N–C) groups is 1. The van der Waals surface area contributed by atoms with Crippen molar-refractivity contribution in [2.75, 3.05) is 6.61 Å². The lowest BCUT2D eigenvalue weighted by atomic mass is 9.93. The molecule has 154 valence electrons. The third kappa shape index (κ3) is 4.21. The third-order valence-corrected chi connectivity index (χ3v) is 5.30. The molecule has 1 aliphatic rings. The average molecular weight is 404 g/mol. The van der Waals surface area contributed by atoms with E-state index in [-0.39, 0.29) is 17.6 Å². The Balaban J connectivity index is 1.75. The summed E-state index contributed by atoms with van der Waals surface area (Å²) in [5, 5.41) is 14.3. The van der Waals surface area contributed by atoms with E-state index >= 15 is 0 Å². The van der Waals surface area contributed by atoms with Gasteiger partial charge in [0.2, 0.25) is 0 Å². The molecule has 0 fully saturated rings. The van der Waals surface area contributed by atoms with Crippen molar-refractivity contribution >= 4 is 5.71 Å². The first-order valence-electron chi connectivity index (χ1n) is 10.1. The van der Waals surface area contributed by atoms with E-state index in [2.05, 4.69) is 29.6 Å². The fraction of sp³-hybridized carbons (Fsp3) is 0.240. The van der Waals surface area contributed by atoms with Gasteiger partial charge in [0.25, 0.3) is 0 Å². The predicted molar refractivity (Wildman–Crippen MR) is 117 cm³/mol. The van der Waals surface area contributed by atoms with Crippen LogP contribution >= 0.6 is 0 Å².